The van der Waals surface area contributed by atoms with Crippen molar-refractivity contribution in [3.63, 3.8) is 0 Å². The van der Waals surface area contributed by atoms with Gasteiger partial charge in [0.15, 0.2) is 5.78 Å². The maximum absolute atomic E-state index is 12.9. The van der Waals surface area contributed by atoms with Crippen molar-refractivity contribution in [3.05, 3.63) is 100 Å². The molecule has 7 nitrogen and oxygen atoms in total. The average Bonchev–Trinajstić information content (AvgIpc) is 2.81. The molecular weight excluding hydrogens is 454 g/mol. The summed E-state index contributed by atoms with van der Waals surface area (Å²) in [6.07, 6.45) is 3.58. The van der Waals surface area contributed by atoms with E-state index in [2.05, 4.69) is 16.0 Å². The zero-order chi connectivity index (χ0) is 24.5. The molecule has 0 unspecified atom stereocenters. The zero-order valence-corrected chi connectivity index (χ0v) is 19.2. The second-order valence-corrected chi connectivity index (χ2v) is 7.82. The molecule has 3 aromatic rings. The SMILES string of the molecule is Cc1ccccc1C(=O)c1ccc(Nc2ccccc2/C=C/CNC(=O)NCC(=O)O)cc1Cl. The molecule has 0 spiro atoms. The number of carbonyl (C=O) groups excluding carboxylic acids is 2. The number of hydrogen-bond donors (Lipinski definition) is 4. The smallest absolute Gasteiger partial charge is 0.323 e. The van der Waals surface area contributed by atoms with Gasteiger partial charge in [0, 0.05) is 29.0 Å². The highest BCUT2D eigenvalue weighted by Crippen LogP contribution is 2.28. The molecule has 0 atom stereocenters. The molecule has 0 saturated heterocycles. The van der Waals surface area contributed by atoms with Crippen LogP contribution in [-0.2, 0) is 4.79 Å². The van der Waals surface area contributed by atoms with Crippen molar-refractivity contribution in [2.45, 2.75) is 6.92 Å². The molecule has 34 heavy (non-hydrogen) atoms. The maximum Gasteiger partial charge on any atom is 0.323 e. The minimum Gasteiger partial charge on any atom is -0.480 e. The molecule has 0 bridgehead atoms. The van der Waals surface area contributed by atoms with Gasteiger partial charge in [-0.15, -0.1) is 0 Å². The molecule has 4 N–H and O–H groups in total. The Balaban J connectivity index is 1.68. The Hall–Kier alpha value is -4.10. The fourth-order valence-corrected chi connectivity index (χ4v) is 3.48. The van der Waals surface area contributed by atoms with Crippen molar-refractivity contribution >= 4 is 46.8 Å². The number of aliphatic carboxylic acids is 1. The fourth-order valence-electron chi connectivity index (χ4n) is 3.22. The van der Waals surface area contributed by atoms with Crippen LogP contribution in [0, 0.1) is 6.92 Å². The van der Waals surface area contributed by atoms with Crippen molar-refractivity contribution < 1.29 is 19.5 Å². The van der Waals surface area contributed by atoms with E-state index in [-0.39, 0.29) is 12.3 Å². The van der Waals surface area contributed by atoms with Gasteiger partial charge >= 0.3 is 12.0 Å². The molecular formula is C26H24ClN3O4. The summed E-state index contributed by atoms with van der Waals surface area (Å²) in [6, 6.07) is 19.6. The van der Waals surface area contributed by atoms with Gasteiger partial charge in [-0.2, -0.15) is 0 Å². The largest absolute Gasteiger partial charge is 0.480 e. The van der Waals surface area contributed by atoms with Gasteiger partial charge in [0.2, 0.25) is 0 Å². The van der Waals surface area contributed by atoms with E-state index in [1.165, 1.54) is 0 Å². The lowest BCUT2D eigenvalue weighted by molar-refractivity contribution is -0.135. The van der Waals surface area contributed by atoms with Gasteiger partial charge in [-0.1, -0.05) is 66.2 Å². The third kappa shape index (κ3) is 6.70. The van der Waals surface area contributed by atoms with E-state index < -0.39 is 18.5 Å². The van der Waals surface area contributed by atoms with E-state index in [0.29, 0.717) is 16.1 Å². The van der Waals surface area contributed by atoms with Crippen LogP contribution < -0.4 is 16.0 Å². The van der Waals surface area contributed by atoms with Crippen LogP contribution in [0.3, 0.4) is 0 Å². The molecule has 0 aromatic heterocycles. The molecule has 8 heteroatoms. The summed E-state index contributed by atoms with van der Waals surface area (Å²) in [5.41, 5.74) is 4.33. The number of urea groups is 1. The minimum absolute atomic E-state index is 0.127. The number of hydrogen-bond acceptors (Lipinski definition) is 4. The molecule has 0 fully saturated rings. The number of anilines is 2. The van der Waals surface area contributed by atoms with Crippen molar-refractivity contribution in [1.29, 1.82) is 0 Å². The number of carbonyl (C=O) groups is 3. The quantitative estimate of drug-likeness (QED) is 0.324. The van der Waals surface area contributed by atoms with E-state index in [1.54, 1.807) is 30.3 Å². The summed E-state index contributed by atoms with van der Waals surface area (Å²) in [6.45, 7) is 1.67. The van der Waals surface area contributed by atoms with Crippen LogP contribution in [0.5, 0.6) is 0 Å². The zero-order valence-electron chi connectivity index (χ0n) is 18.5. The van der Waals surface area contributed by atoms with Gasteiger partial charge in [0.1, 0.15) is 6.54 Å². The number of carboxylic acid groups (broad SMARTS) is 1. The van der Waals surface area contributed by atoms with Crippen LogP contribution in [0.4, 0.5) is 16.2 Å². The summed E-state index contributed by atoms with van der Waals surface area (Å²) in [5.74, 6) is -1.24. The number of ketones is 1. The number of benzene rings is 3. The second kappa shape index (κ2) is 11.7. The van der Waals surface area contributed by atoms with Crippen LogP contribution in [0.2, 0.25) is 5.02 Å². The highest BCUT2D eigenvalue weighted by molar-refractivity contribution is 6.35. The molecule has 0 aliphatic rings. The lowest BCUT2D eigenvalue weighted by Gasteiger charge is -2.12. The van der Waals surface area contributed by atoms with Crippen molar-refractivity contribution in [2.24, 2.45) is 0 Å². The number of aryl methyl sites for hydroxylation is 1. The van der Waals surface area contributed by atoms with Crippen LogP contribution in [0.15, 0.2) is 72.8 Å². The molecule has 0 radical (unpaired) electrons. The van der Waals surface area contributed by atoms with Crippen LogP contribution in [-0.4, -0.2) is 36.0 Å². The molecule has 174 valence electrons. The standard InChI is InChI=1S/C26H24ClN3O4/c1-17-7-2-4-10-20(17)25(33)21-13-12-19(15-22(21)27)30-23-11-5-3-8-18(23)9-6-14-28-26(34)29-16-24(31)32/h2-13,15,30H,14,16H2,1H3,(H,31,32)(H2,28,29,34)/b9-6+. The molecule has 3 rings (SSSR count). The van der Waals surface area contributed by atoms with Crippen molar-refractivity contribution in [1.82, 2.24) is 10.6 Å². The molecule has 0 heterocycles. The van der Waals surface area contributed by atoms with E-state index in [9.17, 15) is 14.4 Å². The topological polar surface area (TPSA) is 108 Å². The average molecular weight is 478 g/mol. The van der Waals surface area contributed by atoms with E-state index in [0.717, 1.165) is 22.5 Å². The van der Waals surface area contributed by atoms with E-state index in [1.807, 2.05) is 55.5 Å². The molecule has 0 aliphatic heterocycles. The molecule has 3 aromatic carbocycles. The Kier molecular flexibility index (Phi) is 8.43. The Morgan fingerprint density at radius 2 is 1.68 bits per heavy atom. The number of nitrogens with one attached hydrogen (secondary N) is 3. The summed E-state index contributed by atoms with van der Waals surface area (Å²) < 4.78 is 0. The number of amides is 2. The van der Waals surface area contributed by atoms with Crippen LogP contribution in [0.1, 0.15) is 27.0 Å². The van der Waals surface area contributed by atoms with Crippen LogP contribution >= 0.6 is 11.6 Å². The third-order valence-corrected chi connectivity index (χ3v) is 5.23. The first-order valence-electron chi connectivity index (χ1n) is 10.5. The molecule has 0 saturated carbocycles. The lowest BCUT2D eigenvalue weighted by Crippen LogP contribution is -2.38. The summed E-state index contributed by atoms with van der Waals surface area (Å²) in [7, 11) is 0. The van der Waals surface area contributed by atoms with E-state index >= 15 is 0 Å². The Labute approximate surface area is 202 Å². The fraction of sp³-hybridized carbons (Fsp3) is 0.115. The summed E-state index contributed by atoms with van der Waals surface area (Å²) >= 11 is 6.45. The number of para-hydroxylation sites is 1. The first-order valence-corrected chi connectivity index (χ1v) is 10.9. The highest BCUT2D eigenvalue weighted by atomic mass is 35.5. The van der Waals surface area contributed by atoms with Gasteiger partial charge in [-0.05, 0) is 42.3 Å². The number of halogens is 1. The Morgan fingerprint density at radius 3 is 2.41 bits per heavy atom. The predicted octanol–water partition coefficient (Wildman–Crippen LogP) is 5.02. The summed E-state index contributed by atoms with van der Waals surface area (Å²) in [5, 5.41) is 17.0. The number of carboxylic acids is 1. The molecule has 2 amide bonds. The second-order valence-electron chi connectivity index (χ2n) is 7.41. The highest BCUT2D eigenvalue weighted by Gasteiger charge is 2.15. The first kappa shape index (κ1) is 24.5. The summed E-state index contributed by atoms with van der Waals surface area (Å²) in [4.78, 5) is 34.9. The van der Waals surface area contributed by atoms with E-state index in [4.69, 9.17) is 16.7 Å². The maximum atomic E-state index is 12.9. The lowest BCUT2D eigenvalue weighted by atomic mass is 9.99. The minimum atomic E-state index is -1.11. The Bertz CT molecular complexity index is 1240. The van der Waals surface area contributed by atoms with Crippen molar-refractivity contribution in [2.75, 3.05) is 18.4 Å². The first-order chi connectivity index (χ1) is 16.3. The molecule has 0 aliphatic carbocycles. The monoisotopic (exact) mass is 477 g/mol. The number of rotatable bonds is 9. The normalized spacial score (nSPS) is 10.6. The Morgan fingerprint density at radius 1 is 0.941 bits per heavy atom. The van der Waals surface area contributed by atoms with Gasteiger partial charge in [-0.3, -0.25) is 9.59 Å². The van der Waals surface area contributed by atoms with Crippen molar-refractivity contribution in [3.8, 4) is 0 Å². The van der Waals surface area contributed by atoms with Crippen LogP contribution in [0.25, 0.3) is 6.08 Å². The third-order valence-electron chi connectivity index (χ3n) is 4.92. The predicted molar refractivity (Wildman–Crippen MR) is 134 cm³/mol. The van der Waals surface area contributed by atoms with Gasteiger partial charge < -0.3 is 21.1 Å². The van der Waals surface area contributed by atoms with Gasteiger partial charge in [-0.25, -0.2) is 4.79 Å². The van der Waals surface area contributed by atoms with Gasteiger partial charge in [0.25, 0.3) is 0 Å². The van der Waals surface area contributed by atoms with Gasteiger partial charge in [0.05, 0.1) is 5.02 Å².